The van der Waals surface area contributed by atoms with E-state index in [0.717, 1.165) is 5.56 Å². The first-order valence-corrected chi connectivity index (χ1v) is 9.84. The molecule has 8 nitrogen and oxygen atoms in total. The van der Waals surface area contributed by atoms with Crippen LogP contribution in [-0.2, 0) is 6.61 Å². The summed E-state index contributed by atoms with van der Waals surface area (Å²) in [5, 5.41) is 2.78. The topological polar surface area (TPSA) is 90.0 Å². The third-order valence-corrected chi connectivity index (χ3v) is 4.64. The van der Waals surface area contributed by atoms with Gasteiger partial charge in [0.1, 0.15) is 6.61 Å². The van der Waals surface area contributed by atoms with Crippen molar-refractivity contribution in [1.29, 1.82) is 0 Å². The van der Waals surface area contributed by atoms with Crippen molar-refractivity contribution < 1.29 is 23.8 Å². The number of aromatic nitrogens is 1. The molecule has 2 aromatic carbocycles. The molecule has 0 bridgehead atoms. The number of benzene rings is 2. The average Bonchev–Trinajstić information content (AvgIpc) is 2.82. The molecule has 1 heterocycles. The van der Waals surface area contributed by atoms with E-state index in [2.05, 4.69) is 10.3 Å². The molecule has 0 spiro atoms. The van der Waals surface area contributed by atoms with Gasteiger partial charge in [0, 0.05) is 38.0 Å². The smallest absolute Gasteiger partial charge is 0.255 e. The zero-order valence-corrected chi connectivity index (χ0v) is 18.4. The fourth-order valence-corrected chi connectivity index (χ4v) is 2.96. The molecule has 32 heavy (non-hydrogen) atoms. The van der Waals surface area contributed by atoms with Crippen molar-refractivity contribution in [3.63, 3.8) is 0 Å². The maximum absolute atomic E-state index is 12.9. The summed E-state index contributed by atoms with van der Waals surface area (Å²) in [6.45, 7) is 0.329. The monoisotopic (exact) mass is 435 g/mol. The van der Waals surface area contributed by atoms with Gasteiger partial charge in [-0.2, -0.15) is 0 Å². The van der Waals surface area contributed by atoms with E-state index in [-0.39, 0.29) is 11.5 Å². The lowest BCUT2D eigenvalue weighted by Gasteiger charge is -2.18. The number of carbonyl (C=O) groups excluding carboxylic acids is 2. The lowest BCUT2D eigenvalue weighted by atomic mass is 10.1. The maximum Gasteiger partial charge on any atom is 0.255 e. The van der Waals surface area contributed by atoms with Gasteiger partial charge in [-0.05, 0) is 17.7 Å². The molecule has 2 amide bonds. The van der Waals surface area contributed by atoms with Crippen molar-refractivity contribution in [1.82, 2.24) is 9.88 Å². The molecule has 3 aromatic rings. The number of methoxy groups -OCH3 is 2. The van der Waals surface area contributed by atoms with Crippen LogP contribution in [0.2, 0.25) is 0 Å². The number of nitrogens with zero attached hydrogens (tertiary/aromatic N) is 2. The third kappa shape index (κ3) is 5.34. The molecule has 0 unspecified atom stereocenters. The zero-order valence-electron chi connectivity index (χ0n) is 18.4. The van der Waals surface area contributed by atoms with Gasteiger partial charge in [0.2, 0.25) is 5.88 Å². The van der Waals surface area contributed by atoms with E-state index >= 15 is 0 Å². The molecular weight excluding hydrogens is 410 g/mol. The fraction of sp³-hybridized carbons (Fsp3) is 0.208. The van der Waals surface area contributed by atoms with Crippen LogP contribution >= 0.6 is 0 Å². The molecule has 0 radical (unpaired) electrons. The van der Waals surface area contributed by atoms with Crippen LogP contribution in [0.3, 0.4) is 0 Å². The minimum atomic E-state index is -0.419. The molecule has 1 aromatic heterocycles. The first-order chi connectivity index (χ1) is 15.4. The number of pyridine rings is 1. The first kappa shape index (κ1) is 22.6. The van der Waals surface area contributed by atoms with Crippen molar-refractivity contribution in [3.8, 4) is 17.4 Å². The van der Waals surface area contributed by atoms with Crippen molar-refractivity contribution in [3.05, 3.63) is 77.5 Å². The van der Waals surface area contributed by atoms with E-state index in [1.54, 1.807) is 32.3 Å². The number of hydrogen-bond donors (Lipinski definition) is 1. The third-order valence-electron chi connectivity index (χ3n) is 4.64. The number of amides is 2. The van der Waals surface area contributed by atoms with E-state index in [0.29, 0.717) is 35.2 Å². The van der Waals surface area contributed by atoms with Gasteiger partial charge in [0.15, 0.2) is 11.5 Å². The first-order valence-electron chi connectivity index (χ1n) is 9.84. The summed E-state index contributed by atoms with van der Waals surface area (Å²) in [5.41, 5.74) is 1.90. The summed E-state index contributed by atoms with van der Waals surface area (Å²) in [7, 11) is 6.22. The number of rotatable bonds is 8. The van der Waals surface area contributed by atoms with Crippen LogP contribution in [0.5, 0.6) is 17.4 Å². The second-order valence-electron chi connectivity index (χ2n) is 7.06. The van der Waals surface area contributed by atoms with Gasteiger partial charge < -0.3 is 24.4 Å². The van der Waals surface area contributed by atoms with E-state index < -0.39 is 5.91 Å². The zero-order chi connectivity index (χ0) is 23.1. The minimum Gasteiger partial charge on any atom is -0.493 e. The number of ether oxygens (including phenoxy) is 3. The highest BCUT2D eigenvalue weighted by atomic mass is 16.5. The Kier molecular flexibility index (Phi) is 7.28. The summed E-state index contributed by atoms with van der Waals surface area (Å²) in [5.74, 6) is 0.384. The molecule has 0 saturated carbocycles. The maximum atomic E-state index is 12.9. The van der Waals surface area contributed by atoms with Crippen molar-refractivity contribution >= 4 is 17.5 Å². The lowest BCUT2D eigenvalue weighted by Crippen LogP contribution is -2.24. The molecule has 0 saturated heterocycles. The molecule has 0 aliphatic rings. The second-order valence-corrected chi connectivity index (χ2v) is 7.06. The van der Waals surface area contributed by atoms with Crippen molar-refractivity contribution in [2.24, 2.45) is 0 Å². The highest BCUT2D eigenvalue weighted by Gasteiger charge is 2.20. The molecule has 0 aliphatic carbocycles. The molecule has 0 fully saturated rings. The van der Waals surface area contributed by atoms with Gasteiger partial charge in [-0.15, -0.1) is 0 Å². The Bertz CT molecular complexity index is 1100. The van der Waals surface area contributed by atoms with Crippen LogP contribution in [0.25, 0.3) is 0 Å². The van der Waals surface area contributed by atoms with Gasteiger partial charge in [-0.1, -0.05) is 30.3 Å². The van der Waals surface area contributed by atoms with Gasteiger partial charge >= 0.3 is 0 Å². The van der Waals surface area contributed by atoms with Crippen LogP contribution in [-0.4, -0.2) is 50.0 Å². The Morgan fingerprint density at radius 2 is 1.66 bits per heavy atom. The SMILES string of the molecule is COc1cc(NC(=O)c2ccnc(OCc3ccccc3)c2)c(C(=O)N(C)C)cc1OC. The summed E-state index contributed by atoms with van der Waals surface area (Å²) >= 11 is 0. The predicted molar refractivity (Wildman–Crippen MR) is 121 cm³/mol. The van der Waals surface area contributed by atoms with Gasteiger partial charge in [0.05, 0.1) is 25.5 Å². The average molecular weight is 435 g/mol. The molecule has 8 heteroatoms. The molecule has 1 N–H and O–H groups in total. The standard InChI is InChI=1S/C24H25N3O5/c1-27(2)24(29)18-13-20(30-3)21(31-4)14-19(18)26-23(28)17-10-11-25-22(12-17)32-15-16-8-6-5-7-9-16/h5-14H,15H2,1-4H3,(H,26,28). The fourth-order valence-electron chi connectivity index (χ4n) is 2.96. The highest BCUT2D eigenvalue weighted by Crippen LogP contribution is 2.34. The molecule has 0 aliphatic heterocycles. The molecular formula is C24H25N3O5. The van der Waals surface area contributed by atoms with Crippen LogP contribution in [0.1, 0.15) is 26.3 Å². The quantitative estimate of drug-likeness (QED) is 0.581. The molecule has 3 rings (SSSR count). The lowest BCUT2D eigenvalue weighted by molar-refractivity contribution is 0.0828. The normalized spacial score (nSPS) is 10.2. The number of nitrogens with one attached hydrogen (secondary N) is 1. The predicted octanol–water partition coefficient (Wildman–Crippen LogP) is 3.63. The summed E-state index contributed by atoms with van der Waals surface area (Å²) in [6, 6.07) is 15.9. The van der Waals surface area contributed by atoms with Crippen LogP contribution < -0.4 is 19.5 Å². The van der Waals surface area contributed by atoms with E-state index in [1.165, 1.54) is 31.4 Å². The Labute approximate surface area is 186 Å². The van der Waals surface area contributed by atoms with Gasteiger partial charge in [-0.25, -0.2) is 4.98 Å². The largest absolute Gasteiger partial charge is 0.493 e. The summed E-state index contributed by atoms with van der Waals surface area (Å²) in [4.78, 5) is 31.2. The Hall–Kier alpha value is -4.07. The van der Waals surface area contributed by atoms with Crippen LogP contribution in [0, 0.1) is 0 Å². The van der Waals surface area contributed by atoms with Gasteiger partial charge in [0.25, 0.3) is 11.8 Å². The highest BCUT2D eigenvalue weighted by molar-refractivity contribution is 6.09. The van der Waals surface area contributed by atoms with Crippen molar-refractivity contribution in [2.75, 3.05) is 33.6 Å². The Morgan fingerprint density at radius 3 is 2.31 bits per heavy atom. The number of anilines is 1. The molecule has 0 atom stereocenters. The van der Waals surface area contributed by atoms with E-state index in [1.807, 2.05) is 30.3 Å². The van der Waals surface area contributed by atoms with Crippen LogP contribution in [0.4, 0.5) is 5.69 Å². The Morgan fingerprint density at radius 1 is 0.969 bits per heavy atom. The van der Waals surface area contributed by atoms with Crippen molar-refractivity contribution in [2.45, 2.75) is 6.61 Å². The molecule has 166 valence electrons. The second kappa shape index (κ2) is 10.3. The minimum absolute atomic E-state index is 0.274. The Balaban J connectivity index is 1.84. The van der Waals surface area contributed by atoms with Crippen LogP contribution in [0.15, 0.2) is 60.8 Å². The number of hydrogen-bond acceptors (Lipinski definition) is 6. The van der Waals surface area contributed by atoms with Gasteiger partial charge in [-0.3, -0.25) is 9.59 Å². The van der Waals surface area contributed by atoms with E-state index in [9.17, 15) is 9.59 Å². The summed E-state index contributed by atoms with van der Waals surface area (Å²) < 4.78 is 16.3. The number of carbonyl (C=O) groups is 2. The summed E-state index contributed by atoms with van der Waals surface area (Å²) in [6.07, 6.45) is 1.50. The van der Waals surface area contributed by atoms with E-state index in [4.69, 9.17) is 14.2 Å².